The van der Waals surface area contributed by atoms with Gasteiger partial charge >= 0.3 is 0 Å². The standard InChI is InChI=1S/C18H17N3O2/c1-23-14-6-4-5-13(11-14)18(22)20-10-8-15-16(12-20)21-9-3-2-7-17(21)19-15/h2-7,9,11H,8,10,12H2,1H3. The SMILES string of the molecule is COc1cccc(C(=O)N2CCc3nc4ccccn4c3C2)c1. The fraction of sp³-hybridized carbons (Fsp3) is 0.222. The summed E-state index contributed by atoms with van der Waals surface area (Å²) in [5.41, 5.74) is 3.78. The molecule has 0 atom stereocenters. The van der Waals surface area contributed by atoms with Gasteiger partial charge in [0.2, 0.25) is 0 Å². The smallest absolute Gasteiger partial charge is 0.254 e. The highest BCUT2D eigenvalue weighted by Crippen LogP contribution is 2.22. The van der Waals surface area contributed by atoms with Gasteiger partial charge in [-0.1, -0.05) is 12.1 Å². The largest absolute Gasteiger partial charge is 0.497 e. The van der Waals surface area contributed by atoms with Crippen LogP contribution >= 0.6 is 0 Å². The van der Waals surface area contributed by atoms with Crippen LogP contribution < -0.4 is 4.74 Å². The van der Waals surface area contributed by atoms with E-state index in [0.29, 0.717) is 24.4 Å². The topological polar surface area (TPSA) is 46.8 Å². The van der Waals surface area contributed by atoms with Crippen LogP contribution in [0.1, 0.15) is 21.7 Å². The number of hydrogen-bond acceptors (Lipinski definition) is 3. The second-order valence-corrected chi connectivity index (χ2v) is 5.64. The monoisotopic (exact) mass is 307 g/mol. The van der Waals surface area contributed by atoms with Crippen molar-refractivity contribution in [2.24, 2.45) is 0 Å². The van der Waals surface area contributed by atoms with E-state index >= 15 is 0 Å². The minimum Gasteiger partial charge on any atom is -0.497 e. The van der Waals surface area contributed by atoms with Crippen molar-refractivity contribution in [2.75, 3.05) is 13.7 Å². The van der Waals surface area contributed by atoms with Gasteiger partial charge in [-0.25, -0.2) is 4.98 Å². The number of amides is 1. The van der Waals surface area contributed by atoms with Gasteiger partial charge in [0.25, 0.3) is 5.91 Å². The Morgan fingerprint density at radius 2 is 2.13 bits per heavy atom. The Labute approximate surface area is 134 Å². The van der Waals surface area contributed by atoms with Crippen molar-refractivity contribution in [3.05, 3.63) is 65.6 Å². The van der Waals surface area contributed by atoms with Crippen LogP contribution in [0.2, 0.25) is 0 Å². The number of ether oxygens (including phenoxy) is 1. The highest BCUT2D eigenvalue weighted by Gasteiger charge is 2.25. The molecule has 3 aromatic rings. The van der Waals surface area contributed by atoms with Crippen molar-refractivity contribution in [1.82, 2.24) is 14.3 Å². The Morgan fingerprint density at radius 1 is 1.22 bits per heavy atom. The molecule has 0 saturated heterocycles. The van der Waals surface area contributed by atoms with Gasteiger partial charge in [0.05, 0.1) is 25.0 Å². The number of nitrogens with zero attached hydrogens (tertiary/aromatic N) is 3. The molecule has 1 aliphatic rings. The molecule has 2 aromatic heterocycles. The third kappa shape index (κ3) is 2.34. The molecule has 1 aliphatic heterocycles. The van der Waals surface area contributed by atoms with E-state index in [1.54, 1.807) is 13.2 Å². The summed E-state index contributed by atoms with van der Waals surface area (Å²) in [5, 5.41) is 0. The van der Waals surface area contributed by atoms with E-state index in [1.807, 2.05) is 47.5 Å². The quantitative estimate of drug-likeness (QED) is 0.731. The first-order chi connectivity index (χ1) is 11.3. The Balaban J connectivity index is 1.65. The summed E-state index contributed by atoms with van der Waals surface area (Å²) in [4.78, 5) is 19.3. The van der Waals surface area contributed by atoms with E-state index in [9.17, 15) is 4.79 Å². The van der Waals surface area contributed by atoms with Crippen molar-refractivity contribution in [1.29, 1.82) is 0 Å². The van der Waals surface area contributed by atoms with E-state index in [2.05, 4.69) is 9.38 Å². The first-order valence-electron chi connectivity index (χ1n) is 7.64. The molecule has 0 radical (unpaired) electrons. The third-order valence-electron chi connectivity index (χ3n) is 4.27. The van der Waals surface area contributed by atoms with E-state index in [-0.39, 0.29) is 5.91 Å². The van der Waals surface area contributed by atoms with Gasteiger partial charge in [-0.2, -0.15) is 0 Å². The van der Waals surface area contributed by atoms with Crippen molar-refractivity contribution >= 4 is 11.6 Å². The lowest BCUT2D eigenvalue weighted by Crippen LogP contribution is -2.36. The summed E-state index contributed by atoms with van der Waals surface area (Å²) in [6.07, 6.45) is 2.79. The van der Waals surface area contributed by atoms with E-state index < -0.39 is 0 Å². The molecule has 23 heavy (non-hydrogen) atoms. The molecule has 5 heteroatoms. The molecular weight excluding hydrogens is 290 g/mol. The van der Waals surface area contributed by atoms with Crippen molar-refractivity contribution in [2.45, 2.75) is 13.0 Å². The molecule has 0 unspecified atom stereocenters. The molecule has 1 aromatic carbocycles. The normalized spacial score (nSPS) is 13.9. The lowest BCUT2D eigenvalue weighted by molar-refractivity contribution is 0.0731. The zero-order valence-electron chi connectivity index (χ0n) is 12.9. The van der Waals surface area contributed by atoms with E-state index in [0.717, 1.165) is 23.5 Å². The highest BCUT2D eigenvalue weighted by atomic mass is 16.5. The number of fused-ring (bicyclic) bond motifs is 3. The van der Waals surface area contributed by atoms with Gasteiger partial charge < -0.3 is 14.0 Å². The average Bonchev–Trinajstić information content (AvgIpc) is 2.99. The summed E-state index contributed by atoms with van der Waals surface area (Å²) in [5.74, 6) is 0.726. The van der Waals surface area contributed by atoms with Crippen molar-refractivity contribution in [3.63, 3.8) is 0 Å². The van der Waals surface area contributed by atoms with Crippen LogP contribution in [-0.2, 0) is 13.0 Å². The summed E-state index contributed by atoms with van der Waals surface area (Å²) in [6.45, 7) is 1.27. The number of carbonyl (C=O) groups is 1. The van der Waals surface area contributed by atoms with Crippen LogP contribution in [0.15, 0.2) is 48.7 Å². The maximum absolute atomic E-state index is 12.8. The first kappa shape index (κ1) is 13.8. The summed E-state index contributed by atoms with van der Waals surface area (Å²) in [6, 6.07) is 13.3. The van der Waals surface area contributed by atoms with Gasteiger partial charge in [-0.05, 0) is 30.3 Å². The van der Waals surface area contributed by atoms with Gasteiger partial charge in [-0.15, -0.1) is 0 Å². The zero-order chi connectivity index (χ0) is 15.8. The average molecular weight is 307 g/mol. The van der Waals surface area contributed by atoms with Crippen LogP contribution in [0, 0.1) is 0 Å². The van der Waals surface area contributed by atoms with Crippen molar-refractivity contribution < 1.29 is 9.53 Å². The fourth-order valence-electron chi connectivity index (χ4n) is 3.08. The van der Waals surface area contributed by atoms with Gasteiger partial charge in [0.1, 0.15) is 11.4 Å². The van der Waals surface area contributed by atoms with Crippen LogP contribution in [0.25, 0.3) is 5.65 Å². The fourth-order valence-corrected chi connectivity index (χ4v) is 3.08. The Hall–Kier alpha value is -2.82. The maximum Gasteiger partial charge on any atom is 0.254 e. The van der Waals surface area contributed by atoms with Crippen LogP contribution in [0.3, 0.4) is 0 Å². The zero-order valence-corrected chi connectivity index (χ0v) is 12.9. The number of carbonyl (C=O) groups excluding carboxylic acids is 1. The number of methoxy groups -OCH3 is 1. The molecule has 0 N–H and O–H groups in total. The molecule has 0 fully saturated rings. The minimum atomic E-state index is 0.0282. The number of rotatable bonds is 2. The molecule has 5 nitrogen and oxygen atoms in total. The molecule has 0 saturated carbocycles. The van der Waals surface area contributed by atoms with Gasteiger partial charge in [0.15, 0.2) is 0 Å². The Bertz CT molecular complexity index is 885. The second-order valence-electron chi connectivity index (χ2n) is 5.64. The minimum absolute atomic E-state index is 0.0282. The number of aromatic nitrogens is 2. The number of pyridine rings is 1. The molecule has 4 rings (SSSR count). The van der Waals surface area contributed by atoms with Crippen LogP contribution in [0.4, 0.5) is 0 Å². The molecule has 0 spiro atoms. The Morgan fingerprint density at radius 3 is 3.00 bits per heavy atom. The van der Waals surface area contributed by atoms with Gasteiger partial charge in [0, 0.05) is 24.7 Å². The van der Waals surface area contributed by atoms with Crippen molar-refractivity contribution in [3.8, 4) is 5.75 Å². The maximum atomic E-state index is 12.8. The van der Waals surface area contributed by atoms with E-state index in [1.165, 1.54) is 0 Å². The van der Waals surface area contributed by atoms with Gasteiger partial charge in [-0.3, -0.25) is 4.79 Å². The molecule has 116 valence electrons. The summed E-state index contributed by atoms with van der Waals surface area (Å²) < 4.78 is 7.28. The number of hydrogen-bond donors (Lipinski definition) is 0. The second kappa shape index (κ2) is 5.43. The third-order valence-corrected chi connectivity index (χ3v) is 4.27. The summed E-state index contributed by atoms with van der Waals surface area (Å²) >= 11 is 0. The first-order valence-corrected chi connectivity index (χ1v) is 7.64. The summed E-state index contributed by atoms with van der Waals surface area (Å²) in [7, 11) is 1.61. The lowest BCUT2D eigenvalue weighted by Gasteiger charge is -2.27. The van der Waals surface area contributed by atoms with E-state index in [4.69, 9.17) is 4.74 Å². The molecule has 3 heterocycles. The predicted octanol–water partition coefficient (Wildman–Crippen LogP) is 2.54. The molecular formula is C18H17N3O2. The highest BCUT2D eigenvalue weighted by molar-refractivity contribution is 5.94. The predicted molar refractivity (Wildman–Crippen MR) is 86.6 cm³/mol. The lowest BCUT2D eigenvalue weighted by atomic mass is 10.1. The van der Waals surface area contributed by atoms with Crippen LogP contribution in [-0.4, -0.2) is 33.8 Å². The Kier molecular flexibility index (Phi) is 3.26. The molecule has 0 bridgehead atoms. The molecule has 1 amide bonds. The number of benzene rings is 1. The number of imidazole rings is 1. The van der Waals surface area contributed by atoms with Crippen LogP contribution in [0.5, 0.6) is 5.75 Å². The molecule has 0 aliphatic carbocycles.